The van der Waals surface area contributed by atoms with Crippen molar-refractivity contribution >= 4 is 5.97 Å². The van der Waals surface area contributed by atoms with Crippen molar-refractivity contribution in [1.29, 1.82) is 5.26 Å². The average Bonchev–Trinajstić information content (AvgIpc) is 2.81. The largest absolute Gasteiger partial charge is 0.490 e. The molecule has 0 saturated heterocycles. The first kappa shape index (κ1) is 26.5. The zero-order valence-electron chi connectivity index (χ0n) is 19.9. The van der Waals surface area contributed by atoms with Crippen LogP contribution < -0.4 is 9.47 Å². The minimum atomic E-state index is -1.46. The van der Waals surface area contributed by atoms with Crippen LogP contribution in [0.15, 0.2) is 24.3 Å². The number of rotatable bonds is 9. The zero-order valence-corrected chi connectivity index (χ0v) is 19.9. The molecule has 4 nitrogen and oxygen atoms in total. The Morgan fingerprint density at radius 3 is 2.06 bits per heavy atom. The number of benzene rings is 2. The molecule has 0 radical (unpaired) electrons. The minimum Gasteiger partial charge on any atom is -0.490 e. The SMILES string of the molecule is CCCC(CC)C(Oc1cc(F)c(C(=O)Oc2cc(F)c(C#N)c(F)c2)c(F)c1)C1CCCCC1. The molecule has 2 unspecified atom stereocenters. The van der Waals surface area contributed by atoms with Gasteiger partial charge in [0.1, 0.15) is 58.1 Å². The summed E-state index contributed by atoms with van der Waals surface area (Å²) in [5.41, 5.74) is -1.86. The quantitative estimate of drug-likeness (QED) is 0.207. The molecule has 0 bridgehead atoms. The minimum absolute atomic E-state index is 0.0165. The van der Waals surface area contributed by atoms with Crippen molar-refractivity contribution < 1.29 is 31.8 Å². The van der Waals surface area contributed by atoms with Gasteiger partial charge in [-0.1, -0.05) is 39.5 Å². The van der Waals surface area contributed by atoms with Gasteiger partial charge in [0.25, 0.3) is 0 Å². The fraction of sp³-hybridized carbons (Fsp3) is 0.481. The lowest BCUT2D eigenvalue weighted by molar-refractivity contribution is 0.0485. The number of ether oxygens (including phenoxy) is 2. The second kappa shape index (κ2) is 12.1. The van der Waals surface area contributed by atoms with Gasteiger partial charge < -0.3 is 9.47 Å². The summed E-state index contributed by atoms with van der Waals surface area (Å²) in [5, 5.41) is 8.73. The molecule has 1 saturated carbocycles. The maximum Gasteiger partial charge on any atom is 0.349 e. The van der Waals surface area contributed by atoms with Crippen LogP contribution in [0.1, 0.15) is 81.1 Å². The van der Waals surface area contributed by atoms with Gasteiger partial charge in [0, 0.05) is 24.3 Å². The summed E-state index contributed by atoms with van der Waals surface area (Å²) in [4.78, 5) is 12.4. The van der Waals surface area contributed by atoms with Crippen LogP contribution in [0, 0.1) is 46.4 Å². The Kier molecular flexibility index (Phi) is 9.13. The highest BCUT2D eigenvalue weighted by Gasteiger charge is 2.32. The third kappa shape index (κ3) is 6.33. The van der Waals surface area contributed by atoms with Gasteiger partial charge in [-0.25, -0.2) is 22.4 Å². The lowest BCUT2D eigenvalue weighted by Gasteiger charge is -2.36. The molecule has 0 N–H and O–H groups in total. The molecule has 0 spiro atoms. The number of hydrogen-bond acceptors (Lipinski definition) is 4. The van der Waals surface area contributed by atoms with Gasteiger partial charge >= 0.3 is 5.97 Å². The van der Waals surface area contributed by atoms with Crippen LogP contribution in [-0.4, -0.2) is 12.1 Å². The Bertz CT molecular complexity index is 1040. The highest BCUT2D eigenvalue weighted by atomic mass is 19.1. The number of nitrogens with zero attached hydrogens (tertiary/aromatic N) is 1. The third-order valence-electron chi connectivity index (χ3n) is 6.59. The monoisotopic (exact) mass is 491 g/mol. The molecule has 188 valence electrons. The van der Waals surface area contributed by atoms with Crippen LogP contribution in [0.25, 0.3) is 0 Å². The van der Waals surface area contributed by atoms with Crippen molar-refractivity contribution in [3.63, 3.8) is 0 Å². The first-order valence-corrected chi connectivity index (χ1v) is 12.1. The van der Waals surface area contributed by atoms with Gasteiger partial charge in [-0.15, -0.1) is 0 Å². The lowest BCUT2D eigenvalue weighted by atomic mass is 9.78. The summed E-state index contributed by atoms with van der Waals surface area (Å²) in [6, 6.07) is 4.41. The van der Waals surface area contributed by atoms with Crippen molar-refractivity contribution in [3.8, 4) is 17.6 Å². The van der Waals surface area contributed by atoms with Crippen LogP contribution in [0.3, 0.4) is 0 Å². The molecule has 35 heavy (non-hydrogen) atoms. The molecule has 2 atom stereocenters. The molecule has 2 aromatic rings. The average molecular weight is 492 g/mol. The third-order valence-corrected chi connectivity index (χ3v) is 6.59. The van der Waals surface area contributed by atoms with Gasteiger partial charge in [0.2, 0.25) is 0 Å². The number of carbonyl (C=O) groups is 1. The van der Waals surface area contributed by atoms with E-state index in [-0.39, 0.29) is 23.7 Å². The fourth-order valence-corrected chi connectivity index (χ4v) is 4.86. The van der Waals surface area contributed by atoms with E-state index < -0.39 is 46.1 Å². The van der Waals surface area contributed by atoms with Gasteiger partial charge in [-0.05, 0) is 37.5 Å². The van der Waals surface area contributed by atoms with Crippen LogP contribution in [0.2, 0.25) is 0 Å². The van der Waals surface area contributed by atoms with E-state index in [1.54, 1.807) is 0 Å². The standard InChI is InChI=1S/C27H29F4NO3/c1-3-8-16(4-2)26(17-9-6-5-7-10-17)34-18-13-23(30)25(24(31)14-18)27(33)35-19-11-21(28)20(15-32)22(29)12-19/h11-14,16-17,26H,3-10H2,1-2H3. The molecule has 1 fully saturated rings. The first-order valence-electron chi connectivity index (χ1n) is 12.1. The molecular weight excluding hydrogens is 462 g/mol. The Morgan fingerprint density at radius 1 is 0.971 bits per heavy atom. The van der Waals surface area contributed by atoms with E-state index in [0.29, 0.717) is 12.1 Å². The van der Waals surface area contributed by atoms with Gasteiger partial charge in [-0.2, -0.15) is 5.26 Å². The number of carbonyl (C=O) groups excluding carboxylic acids is 1. The topological polar surface area (TPSA) is 59.3 Å². The maximum atomic E-state index is 14.9. The smallest absolute Gasteiger partial charge is 0.349 e. The number of halogens is 4. The molecule has 0 amide bonds. The van der Waals surface area contributed by atoms with E-state index in [0.717, 1.165) is 57.1 Å². The lowest BCUT2D eigenvalue weighted by Crippen LogP contribution is -2.36. The van der Waals surface area contributed by atoms with Gasteiger partial charge in [0.15, 0.2) is 0 Å². The van der Waals surface area contributed by atoms with Gasteiger partial charge in [0.05, 0.1) is 0 Å². The summed E-state index contributed by atoms with van der Waals surface area (Å²) >= 11 is 0. The summed E-state index contributed by atoms with van der Waals surface area (Å²) in [6.45, 7) is 4.17. The van der Waals surface area contributed by atoms with Crippen LogP contribution in [0.4, 0.5) is 17.6 Å². The highest BCUT2D eigenvalue weighted by Crippen LogP contribution is 2.36. The summed E-state index contributed by atoms with van der Waals surface area (Å²) < 4.78 is 68.2. The van der Waals surface area contributed by atoms with E-state index in [2.05, 4.69) is 13.8 Å². The predicted molar refractivity (Wildman–Crippen MR) is 122 cm³/mol. The fourth-order valence-electron chi connectivity index (χ4n) is 4.86. The molecule has 1 aliphatic carbocycles. The maximum absolute atomic E-state index is 14.9. The van der Waals surface area contributed by atoms with Crippen molar-refractivity contribution in [2.75, 3.05) is 0 Å². The summed E-state index contributed by atoms with van der Waals surface area (Å²) in [5.74, 6) is -6.50. The normalized spacial score (nSPS) is 15.8. The van der Waals surface area contributed by atoms with E-state index in [4.69, 9.17) is 14.7 Å². The highest BCUT2D eigenvalue weighted by molar-refractivity contribution is 5.91. The van der Waals surface area contributed by atoms with Crippen molar-refractivity contribution in [3.05, 3.63) is 58.7 Å². The molecule has 3 rings (SSSR count). The van der Waals surface area contributed by atoms with Crippen molar-refractivity contribution in [2.24, 2.45) is 11.8 Å². The molecular formula is C27H29F4NO3. The second-order valence-corrected chi connectivity index (χ2v) is 8.96. The van der Waals surface area contributed by atoms with Crippen LogP contribution in [-0.2, 0) is 0 Å². The Balaban J connectivity index is 1.84. The van der Waals surface area contributed by atoms with E-state index >= 15 is 0 Å². The molecule has 2 aromatic carbocycles. The predicted octanol–water partition coefficient (Wildman–Crippen LogP) is 7.49. The number of esters is 1. The summed E-state index contributed by atoms with van der Waals surface area (Å²) in [6.07, 6.45) is 7.94. The van der Waals surface area contributed by atoms with Crippen molar-refractivity contribution in [2.45, 2.75) is 71.3 Å². The van der Waals surface area contributed by atoms with E-state index in [1.807, 2.05) is 0 Å². The number of nitriles is 1. The van der Waals surface area contributed by atoms with Crippen molar-refractivity contribution in [1.82, 2.24) is 0 Å². The molecule has 0 heterocycles. The molecule has 1 aliphatic rings. The molecule has 0 aromatic heterocycles. The van der Waals surface area contributed by atoms with Crippen LogP contribution >= 0.6 is 0 Å². The zero-order chi connectivity index (χ0) is 25.5. The van der Waals surface area contributed by atoms with E-state index in [1.165, 1.54) is 12.5 Å². The Labute approximate surface area is 202 Å². The van der Waals surface area contributed by atoms with Gasteiger partial charge in [-0.3, -0.25) is 0 Å². The Morgan fingerprint density at radius 2 is 1.54 bits per heavy atom. The summed E-state index contributed by atoms with van der Waals surface area (Å²) in [7, 11) is 0. The molecule has 0 aliphatic heterocycles. The Hall–Kier alpha value is -3.08. The van der Waals surface area contributed by atoms with E-state index in [9.17, 15) is 22.4 Å². The number of hydrogen-bond donors (Lipinski definition) is 0. The van der Waals surface area contributed by atoms with Crippen LogP contribution in [0.5, 0.6) is 11.5 Å². The first-order chi connectivity index (χ1) is 16.8. The molecule has 8 heteroatoms. The second-order valence-electron chi connectivity index (χ2n) is 8.96.